The van der Waals surface area contributed by atoms with Crippen LogP contribution in [0.25, 0.3) is 0 Å². The van der Waals surface area contributed by atoms with Crippen molar-refractivity contribution < 1.29 is 4.42 Å². The zero-order valence-corrected chi connectivity index (χ0v) is 21.9. The van der Waals surface area contributed by atoms with E-state index in [0.29, 0.717) is 12.5 Å². The summed E-state index contributed by atoms with van der Waals surface area (Å²) in [4.78, 5) is 9.52. The molecule has 1 unspecified atom stereocenters. The minimum absolute atomic E-state index is 0. The van der Waals surface area contributed by atoms with E-state index in [0.717, 1.165) is 43.6 Å². The molecule has 0 amide bonds. The molecular formula is C22H39IN6O. The average molecular weight is 530 g/mol. The Labute approximate surface area is 198 Å². The largest absolute Gasteiger partial charge is 0.468 e. The predicted molar refractivity (Wildman–Crippen MR) is 135 cm³/mol. The monoisotopic (exact) mass is 530 g/mol. The number of furan rings is 1. The molecule has 170 valence electrons. The third-order valence-corrected chi connectivity index (χ3v) is 5.13. The third-order valence-electron chi connectivity index (χ3n) is 5.13. The summed E-state index contributed by atoms with van der Waals surface area (Å²) in [6.07, 6.45) is 3.85. The van der Waals surface area contributed by atoms with Gasteiger partial charge in [0, 0.05) is 38.9 Å². The first kappa shape index (κ1) is 26.5. The number of hydrogen-bond acceptors (Lipinski definition) is 4. The van der Waals surface area contributed by atoms with E-state index in [1.807, 2.05) is 23.9 Å². The molecule has 7 nitrogen and oxygen atoms in total. The molecule has 30 heavy (non-hydrogen) atoms. The molecule has 0 bridgehead atoms. The molecule has 0 saturated carbocycles. The fourth-order valence-electron chi connectivity index (χ4n) is 3.67. The molecule has 0 aliphatic carbocycles. The summed E-state index contributed by atoms with van der Waals surface area (Å²) < 4.78 is 7.62. The number of aliphatic imine (C=N–C) groups is 1. The molecule has 1 N–H and O–H groups in total. The van der Waals surface area contributed by atoms with Crippen LogP contribution in [-0.4, -0.2) is 58.8 Å². The molecule has 2 aromatic heterocycles. The van der Waals surface area contributed by atoms with Gasteiger partial charge in [0.05, 0.1) is 24.5 Å². The highest BCUT2D eigenvalue weighted by Crippen LogP contribution is 2.22. The van der Waals surface area contributed by atoms with Crippen LogP contribution in [0.1, 0.15) is 63.6 Å². The Hall–Kier alpha value is -1.55. The van der Waals surface area contributed by atoms with E-state index in [1.54, 1.807) is 6.26 Å². The normalized spacial score (nSPS) is 12.9. The summed E-state index contributed by atoms with van der Waals surface area (Å²) in [5.74, 6) is 2.25. The van der Waals surface area contributed by atoms with Crippen molar-refractivity contribution >= 4 is 29.9 Å². The SMILES string of the molecule is CCNC(=NCC(c1ccco1)N(CC)CC)N(C)Cc1cn(C)nc1C(C)C.I. The van der Waals surface area contributed by atoms with E-state index in [2.05, 4.69) is 68.1 Å². The first-order valence-corrected chi connectivity index (χ1v) is 10.7. The van der Waals surface area contributed by atoms with Gasteiger partial charge in [0.1, 0.15) is 5.76 Å². The van der Waals surface area contributed by atoms with Crippen molar-refractivity contribution in [3.8, 4) is 0 Å². The van der Waals surface area contributed by atoms with E-state index in [9.17, 15) is 0 Å². The number of rotatable bonds is 10. The molecule has 0 fully saturated rings. The number of nitrogens with one attached hydrogen (secondary N) is 1. The molecule has 2 heterocycles. The van der Waals surface area contributed by atoms with Crippen molar-refractivity contribution in [3.05, 3.63) is 41.6 Å². The Morgan fingerprint density at radius 2 is 1.97 bits per heavy atom. The Morgan fingerprint density at radius 1 is 1.27 bits per heavy atom. The van der Waals surface area contributed by atoms with Crippen molar-refractivity contribution in [1.82, 2.24) is 24.9 Å². The van der Waals surface area contributed by atoms with Gasteiger partial charge in [-0.05, 0) is 38.1 Å². The lowest BCUT2D eigenvalue weighted by atomic mass is 10.1. The van der Waals surface area contributed by atoms with Crippen LogP contribution in [0.2, 0.25) is 0 Å². The summed E-state index contributed by atoms with van der Waals surface area (Å²) in [5, 5.41) is 8.07. The average Bonchev–Trinajstić information content (AvgIpc) is 3.33. The van der Waals surface area contributed by atoms with E-state index in [1.165, 1.54) is 5.56 Å². The number of likely N-dealkylation sites (N-methyl/N-ethyl adjacent to an activating group) is 1. The molecule has 2 rings (SSSR count). The molecular weight excluding hydrogens is 491 g/mol. The molecule has 0 spiro atoms. The molecule has 0 saturated heterocycles. The summed E-state index contributed by atoms with van der Waals surface area (Å²) in [5.41, 5.74) is 2.38. The van der Waals surface area contributed by atoms with Crippen LogP contribution in [-0.2, 0) is 13.6 Å². The standard InChI is InChI=1S/C22H38N6O.HI/c1-8-23-22(26(6)15-18-16-27(7)25-21(18)17(4)5)24-14-19(28(9-2)10-3)20-12-11-13-29-20;/h11-13,16-17,19H,8-10,14-15H2,1-7H3,(H,23,24);1H. The number of guanidine groups is 1. The van der Waals surface area contributed by atoms with Crippen molar-refractivity contribution in [1.29, 1.82) is 0 Å². The van der Waals surface area contributed by atoms with Crippen LogP contribution in [0.15, 0.2) is 34.0 Å². The number of halogens is 1. The maximum atomic E-state index is 5.72. The third kappa shape index (κ3) is 7.01. The van der Waals surface area contributed by atoms with Crippen molar-refractivity contribution in [2.24, 2.45) is 12.0 Å². The fourth-order valence-corrected chi connectivity index (χ4v) is 3.67. The Bertz CT molecular complexity index is 752. The second-order valence-corrected chi connectivity index (χ2v) is 7.67. The highest BCUT2D eigenvalue weighted by atomic mass is 127. The predicted octanol–water partition coefficient (Wildman–Crippen LogP) is 4.23. The summed E-state index contributed by atoms with van der Waals surface area (Å²) >= 11 is 0. The van der Waals surface area contributed by atoms with Gasteiger partial charge >= 0.3 is 0 Å². The van der Waals surface area contributed by atoms with Gasteiger partial charge < -0.3 is 14.6 Å². The van der Waals surface area contributed by atoms with Crippen LogP contribution >= 0.6 is 24.0 Å². The second-order valence-electron chi connectivity index (χ2n) is 7.67. The Balaban J connectivity index is 0.00000450. The Morgan fingerprint density at radius 3 is 2.50 bits per heavy atom. The first-order chi connectivity index (χ1) is 13.9. The maximum Gasteiger partial charge on any atom is 0.194 e. The van der Waals surface area contributed by atoms with Gasteiger partial charge in [0.25, 0.3) is 0 Å². The number of aryl methyl sites for hydroxylation is 1. The van der Waals surface area contributed by atoms with Crippen LogP contribution in [0.3, 0.4) is 0 Å². The van der Waals surface area contributed by atoms with Crippen molar-refractivity contribution in [2.75, 3.05) is 33.2 Å². The number of aromatic nitrogens is 2. The van der Waals surface area contributed by atoms with Crippen molar-refractivity contribution in [3.63, 3.8) is 0 Å². The smallest absolute Gasteiger partial charge is 0.194 e. The molecule has 0 radical (unpaired) electrons. The zero-order valence-electron chi connectivity index (χ0n) is 19.6. The van der Waals surface area contributed by atoms with Gasteiger partial charge in [-0.15, -0.1) is 24.0 Å². The molecule has 0 aliphatic heterocycles. The second kappa shape index (κ2) is 13.0. The lowest BCUT2D eigenvalue weighted by Crippen LogP contribution is -2.39. The van der Waals surface area contributed by atoms with Gasteiger partial charge in [-0.3, -0.25) is 14.6 Å². The Kier molecular flexibility index (Phi) is 11.5. The number of nitrogens with zero attached hydrogens (tertiary/aromatic N) is 5. The lowest BCUT2D eigenvalue weighted by molar-refractivity contribution is 0.198. The minimum atomic E-state index is 0. The topological polar surface area (TPSA) is 61.8 Å². The molecule has 8 heteroatoms. The van der Waals surface area contributed by atoms with Gasteiger partial charge in [0.2, 0.25) is 0 Å². The molecule has 2 aromatic rings. The number of hydrogen-bond donors (Lipinski definition) is 1. The lowest BCUT2D eigenvalue weighted by Gasteiger charge is -2.28. The van der Waals surface area contributed by atoms with Crippen molar-refractivity contribution in [2.45, 2.75) is 53.1 Å². The highest BCUT2D eigenvalue weighted by Gasteiger charge is 2.21. The van der Waals surface area contributed by atoms with Crippen LogP contribution < -0.4 is 5.32 Å². The van der Waals surface area contributed by atoms with Gasteiger partial charge in [-0.1, -0.05) is 27.7 Å². The summed E-state index contributed by atoms with van der Waals surface area (Å²) in [7, 11) is 4.06. The van der Waals surface area contributed by atoms with E-state index < -0.39 is 0 Å². The maximum absolute atomic E-state index is 5.72. The van der Waals surface area contributed by atoms with Gasteiger partial charge in [-0.2, -0.15) is 5.10 Å². The zero-order chi connectivity index (χ0) is 21.4. The van der Waals surface area contributed by atoms with E-state index >= 15 is 0 Å². The van der Waals surface area contributed by atoms with Gasteiger partial charge in [0.15, 0.2) is 5.96 Å². The summed E-state index contributed by atoms with van der Waals surface area (Å²) in [6.45, 7) is 15.0. The van der Waals surface area contributed by atoms with E-state index in [-0.39, 0.29) is 30.0 Å². The van der Waals surface area contributed by atoms with E-state index in [4.69, 9.17) is 9.41 Å². The van der Waals surface area contributed by atoms with Gasteiger partial charge in [-0.25, -0.2) is 0 Å². The summed E-state index contributed by atoms with van der Waals surface area (Å²) in [6, 6.07) is 4.12. The van der Waals surface area contributed by atoms with Crippen LogP contribution in [0, 0.1) is 0 Å². The molecule has 0 aromatic carbocycles. The minimum Gasteiger partial charge on any atom is -0.468 e. The van der Waals surface area contributed by atoms with Crippen LogP contribution in [0.4, 0.5) is 0 Å². The first-order valence-electron chi connectivity index (χ1n) is 10.7. The molecule has 1 atom stereocenters. The fraction of sp³-hybridized carbons (Fsp3) is 0.636. The molecule has 0 aliphatic rings. The van der Waals surface area contributed by atoms with Crippen LogP contribution in [0.5, 0.6) is 0 Å². The quantitative estimate of drug-likeness (QED) is 0.283. The highest BCUT2D eigenvalue weighted by molar-refractivity contribution is 14.0.